The van der Waals surface area contributed by atoms with E-state index in [0.717, 1.165) is 23.0 Å². The van der Waals surface area contributed by atoms with Gasteiger partial charge < -0.3 is 4.90 Å². The zero-order chi connectivity index (χ0) is 20.1. The molecule has 4 aromatic rings. The minimum Gasteiger partial charge on any atom is -0.336 e. The summed E-state index contributed by atoms with van der Waals surface area (Å²) in [6.07, 6.45) is 0.870. The van der Waals surface area contributed by atoms with Gasteiger partial charge in [-0.3, -0.25) is 14.3 Å². The van der Waals surface area contributed by atoms with E-state index in [0.29, 0.717) is 18.7 Å². The largest absolute Gasteiger partial charge is 0.336 e. The quantitative estimate of drug-likeness (QED) is 0.532. The van der Waals surface area contributed by atoms with Crippen LogP contribution in [0.3, 0.4) is 0 Å². The minimum absolute atomic E-state index is 0.0697. The molecule has 29 heavy (non-hydrogen) atoms. The Morgan fingerprint density at radius 2 is 1.79 bits per heavy atom. The van der Waals surface area contributed by atoms with Crippen molar-refractivity contribution in [3.63, 3.8) is 0 Å². The third-order valence-corrected chi connectivity index (χ3v) is 5.86. The number of aromatic nitrogens is 3. The lowest BCUT2D eigenvalue weighted by Crippen LogP contribution is -2.40. The standard InChI is InChI=1S/C23H22N4O2/c1-15-13-21(28)24-22-19-9-5-6-10-20(19)27(26(15)22)16(2)23(29)25-12-11-17-7-3-4-8-18(17)14-25/h3-10,13,16H,11-12,14H2,1-2H3/t16-/m1/s1. The molecular formula is C23H22N4O2. The third kappa shape index (κ3) is 2.75. The Morgan fingerprint density at radius 3 is 2.62 bits per heavy atom. The molecule has 0 fully saturated rings. The molecule has 6 heteroatoms. The number of carbonyl (C=O) groups is 1. The van der Waals surface area contributed by atoms with Crippen molar-refractivity contribution in [3.8, 4) is 0 Å². The topological polar surface area (TPSA) is 59.6 Å². The summed E-state index contributed by atoms with van der Waals surface area (Å²) in [5.74, 6) is 0.0697. The van der Waals surface area contributed by atoms with E-state index in [1.54, 1.807) is 0 Å². The summed E-state index contributed by atoms with van der Waals surface area (Å²) in [5, 5.41) is 0.872. The zero-order valence-electron chi connectivity index (χ0n) is 16.5. The smallest absolute Gasteiger partial charge is 0.273 e. The normalized spacial score (nSPS) is 14.9. The van der Waals surface area contributed by atoms with E-state index in [1.807, 2.05) is 64.3 Å². The number of aryl methyl sites for hydroxylation is 1. The Kier molecular flexibility index (Phi) is 4.01. The average Bonchev–Trinajstić information content (AvgIpc) is 3.07. The van der Waals surface area contributed by atoms with Gasteiger partial charge in [-0.2, -0.15) is 4.98 Å². The van der Waals surface area contributed by atoms with E-state index in [-0.39, 0.29) is 11.5 Å². The first-order chi connectivity index (χ1) is 14.0. The first-order valence-corrected chi connectivity index (χ1v) is 9.90. The highest BCUT2D eigenvalue weighted by atomic mass is 16.2. The summed E-state index contributed by atoms with van der Waals surface area (Å²) < 4.78 is 3.86. The van der Waals surface area contributed by atoms with Crippen LogP contribution in [0.1, 0.15) is 29.8 Å². The van der Waals surface area contributed by atoms with Crippen molar-refractivity contribution >= 4 is 22.5 Å². The first-order valence-electron chi connectivity index (χ1n) is 9.90. The highest BCUT2D eigenvalue weighted by Crippen LogP contribution is 2.27. The van der Waals surface area contributed by atoms with E-state index in [2.05, 4.69) is 17.1 Å². The van der Waals surface area contributed by atoms with Crippen molar-refractivity contribution in [1.82, 2.24) is 19.1 Å². The summed E-state index contributed by atoms with van der Waals surface area (Å²) in [7, 11) is 0. The van der Waals surface area contributed by atoms with Gasteiger partial charge in [0.2, 0.25) is 5.91 Å². The van der Waals surface area contributed by atoms with Crippen LogP contribution in [0.15, 0.2) is 59.4 Å². The maximum absolute atomic E-state index is 13.5. The van der Waals surface area contributed by atoms with Gasteiger partial charge in [-0.25, -0.2) is 4.52 Å². The predicted octanol–water partition coefficient (Wildman–Crippen LogP) is 3.10. The number of fused-ring (bicyclic) bond motifs is 4. The number of rotatable bonds is 2. The molecule has 3 heterocycles. The molecule has 0 saturated carbocycles. The minimum atomic E-state index is -0.425. The molecular weight excluding hydrogens is 364 g/mol. The molecule has 6 nitrogen and oxygen atoms in total. The lowest BCUT2D eigenvalue weighted by atomic mass is 9.99. The van der Waals surface area contributed by atoms with Gasteiger partial charge in [0.15, 0.2) is 5.65 Å². The fourth-order valence-electron chi connectivity index (χ4n) is 4.44. The van der Waals surface area contributed by atoms with Crippen LogP contribution in [0.2, 0.25) is 0 Å². The summed E-state index contributed by atoms with van der Waals surface area (Å²) in [5.41, 5.74) is 4.51. The number of carbonyl (C=O) groups excluding carboxylic acids is 1. The predicted molar refractivity (Wildman–Crippen MR) is 112 cm³/mol. The Hall–Kier alpha value is -3.41. The van der Waals surface area contributed by atoms with Gasteiger partial charge in [-0.15, -0.1) is 0 Å². The molecule has 1 amide bonds. The number of nitrogens with zero attached hydrogens (tertiary/aromatic N) is 4. The van der Waals surface area contributed by atoms with E-state index < -0.39 is 6.04 Å². The number of benzene rings is 2. The van der Waals surface area contributed by atoms with Crippen LogP contribution >= 0.6 is 0 Å². The fraction of sp³-hybridized carbons (Fsp3) is 0.261. The summed E-state index contributed by atoms with van der Waals surface area (Å²) in [6, 6.07) is 17.2. The van der Waals surface area contributed by atoms with Gasteiger partial charge in [0, 0.05) is 30.2 Å². The van der Waals surface area contributed by atoms with Crippen molar-refractivity contribution < 1.29 is 4.79 Å². The van der Waals surface area contributed by atoms with Gasteiger partial charge in [0.05, 0.1) is 5.52 Å². The molecule has 0 aliphatic carbocycles. The second-order valence-corrected chi connectivity index (χ2v) is 7.69. The molecule has 0 unspecified atom stereocenters. The van der Waals surface area contributed by atoms with E-state index >= 15 is 0 Å². The molecule has 1 atom stereocenters. The summed E-state index contributed by atoms with van der Waals surface area (Å²) in [4.78, 5) is 31.7. The molecule has 1 aliphatic heterocycles. The van der Waals surface area contributed by atoms with Crippen LogP contribution < -0.4 is 5.56 Å². The molecule has 2 aromatic heterocycles. The zero-order valence-corrected chi connectivity index (χ0v) is 16.5. The summed E-state index contributed by atoms with van der Waals surface area (Å²) >= 11 is 0. The first kappa shape index (κ1) is 17.7. The molecule has 0 bridgehead atoms. The highest BCUT2D eigenvalue weighted by molar-refractivity contribution is 5.94. The van der Waals surface area contributed by atoms with E-state index in [4.69, 9.17) is 0 Å². The van der Waals surface area contributed by atoms with Crippen LogP contribution in [0.5, 0.6) is 0 Å². The van der Waals surface area contributed by atoms with Gasteiger partial charge in [0.1, 0.15) is 6.04 Å². The monoisotopic (exact) mass is 386 g/mol. The molecule has 0 spiro atoms. The molecule has 0 saturated heterocycles. The fourth-order valence-corrected chi connectivity index (χ4v) is 4.44. The Balaban J connectivity index is 1.62. The Labute approximate surface area is 168 Å². The van der Waals surface area contributed by atoms with Gasteiger partial charge in [0.25, 0.3) is 5.56 Å². The highest BCUT2D eigenvalue weighted by Gasteiger charge is 2.28. The molecule has 5 rings (SSSR count). The third-order valence-electron chi connectivity index (χ3n) is 5.86. The van der Waals surface area contributed by atoms with Crippen LogP contribution in [0, 0.1) is 6.92 Å². The Bertz CT molecular complexity index is 1320. The number of amides is 1. The average molecular weight is 386 g/mol. The van der Waals surface area contributed by atoms with E-state index in [9.17, 15) is 9.59 Å². The van der Waals surface area contributed by atoms with Crippen molar-refractivity contribution in [1.29, 1.82) is 0 Å². The second kappa shape index (κ2) is 6.58. The molecule has 1 aliphatic rings. The van der Waals surface area contributed by atoms with Crippen LogP contribution in [0.4, 0.5) is 0 Å². The Morgan fingerprint density at radius 1 is 1.07 bits per heavy atom. The van der Waals surface area contributed by atoms with E-state index in [1.165, 1.54) is 17.2 Å². The van der Waals surface area contributed by atoms with Gasteiger partial charge >= 0.3 is 0 Å². The lowest BCUT2D eigenvalue weighted by Gasteiger charge is -2.31. The second-order valence-electron chi connectivity index (χ2n) is 7.69. The van der Waals surface area contributed by atoms with Crippen LogP contribution in [0.25, 0.3) is 16.6 Å². The molecule has 2 aromatic carbocycles. The number of para-hydroxylation sites is 1. The van der Waals surface area contributed by atoms with Gasteiger partial charge in [-0.05, 0) is 43.5 Å². The van der Waals surface area contributed by atoms with Crippen LogP contribution in [-0.2, 0) is 17.8 Å². The molecule has 146 valence electrons. The van der Waals surface area contributed by atoms with Crippen LogP contribution in [-0.4, -0.2) is 31.5 Å². The van der Waals surface area contributed by atoms with Crippen molar-refractivity contribution in [2.45, 2.75) is 32.9 Å². The maximum Gasteiger partial charge on any atom is 0.273 e. The SMILES string of the molecule is Cc1cc(=O)nc2c3ccccc3n([C@H](C)C(=O)N3CCc4ccccc4C3)n12. The summed E-state index contributed by atoms with van der Waals surface area (Å²) in [6.45, 7) is 5.14. The molecule has 0 radical (unpaired) electrons. The van der Waals surface area contributed by atoms with Crippen molar-refractivity contribution in [2.24, 2.45) is 0 Å². The van der Waals surface area contributed by atoms with Crippen molar-refractivity contribution in [3.05, 3.63) is 81.8 Å². The number of hydrogen-bond donors (Lipinski definition) is 0. The maximum atomic E-state index is 13.5. The lowest BCUT2D eigenvalue weighted by molar-refractivity contribution is -0.135. The van der Waals surface area contributed by atoms with Crippen molar-refractivity contribution in [2.75, 3.05) is 6.54 Å². The molecule has 0 N–H and O–H groups in total. The van der Waals surface area contributed by atoms with Gasteiger partial charge in [-0.1, -0.05) is 36.4 Å². The number of hydrogen-bond acceptors (Lipinski definition) is 3.